The Hall–Kier alpha value is -0.600. The van der Waals surface area contributed by atoms with Crippen LogP contribution in [0.25, 0.3) is 0 Å². The summed E-state index contributed by atoms with van der Waals surface area (Å²) in [5.74, 6) is 0.614. The van der Waals surface area contributed by atoms with E-state index in [-0.39, 0.29) is 6.04 Å². The van der Waals surface area contributed by atoms with E-state index in [1.54, 1.807) is 6.20 Å². The van der Waals surface area contributed by atoms with E-state index in [1.807, 2.05) is 12.1 Å². The predicted molar refractivity (Wildman–Crippen MR) is 60.2 cm³/mol. The highest BCUT2D eigenvalue weighted by Gasteiger charge is 2.13. The second kappa shape index (κ2) is 5.32. The van der Waals surface area contributed by atoms with Crippen LogP contribution in [-0.4, -0.2) is 4.98 Å². The van der Waals surface area contributed by atoms with Crippen molar-refractivity contribution in [1.29, 1.82) is 0 Å². The molecule has 0 aliphatic rings. The molecule has 78 valence electrons. The monoisotopic (exact) mass is 212 g/mol. The molecule has 0 aliphatic carbocycles. The number of nitrogens with two attached hydrogens (primary N) is 1. The quantitative estimate of drug-likeness (QED) is 0.833. The van der Waals surface area contributed by atoms with Gasteiger partial charge in [-0.15, -0.1) is 0 Å². The maximum atomic E-state index is 6.03. The highest BCUT2D eigenvalue weighted by molar-refractivity contribution is 6.31. The Balaban J connectivity index is 2.69. The summed E-state index contributed by atoms with van der Waals surface area (Å²) < 4.78 is 0. The minimum Gasteiger partial charge on any atom is -0.323 e. The fourth-order valence-electron chi connectivity index (χ4n) is 1.38. The third-order valence-corrected chi connectivity index (χ3v) is 2.81. The minimum absolute atomic E-state index is 0.0429. The van der Waals surface area contributed by atoms with Gasteiger partial charge >= 0.3 is 0 Å². The lowest BCUT2D eigenvalue weighted by Gasteiger charge is -2.16. The Morgan fingerprint density at radius 2 is 2.29 bits per heavy atom. The molecule has 0 fully saturated rings. The molecule has 0 saturated heterocycles. The van der Waals surface area contributed by atoms with Crippen molar-refractivity contribution in [2.24, 2.45) is 11.7 Å². The van der Waals surface area contributed by atoms with Crippen LogP contribution in [-0.2, 0) is 0 Å². The lowest BCUT2D eigenvalue weighted by molar-refractivity contribution is 0.456. The molecule has 2 unspecified atom stereocenters. The molecule has 0 saturated carbocycles. The van der Waals surface area contributed by atoms with Crippen molar-refractivity contribution in [1.82, 2.24) is 4.98 Å². The highest BCUT2D eigenvalue weighted by atomic mass is 35.5. The molecule has 0 aromatic carbocycles. The van der Waals surface area contributed by atoms with Gasteiger partial charge in [-0.3, -0.25) is 4.98 Å². The molecule has 0 bridgehead atoms. The lowest BCUT2D eigenvalue weighted by Crippen LogP contribution is -2.15. The van der Waals surface area contributed by atoms with Crippen LogP contribution < -0.4 is 5.73 Å². The topological polar surface area (TPSA) is 38.9 Å². The first-order valence-electron chi connectivity index (χ1n) is 5.01. The van der Waals surface area contributed by atoms with Gasteiger partial charge in [-0.2, -0.15) is 0 Å². The van der Waals surface area contributed by atoms with Gasteiger partial charge in [0.2, 0.25) is 0 Å². The van der Waals surface area contributed by atoms with E-state index in [0.717, 1.165) is 18.5 Å². The predicted octanol–water partition coefficient (Wildman–Crippen LogP) is 3.17. The summed E-state index contributed by atoms with van der Waals surface area (Å²) in [5, 5.41) is 0.670. The average molecular weight is 213 g/mol. The van der Waals surface area contributed by atoms with Crippen molar-refractivity contribution in [2.45, 2.75) is 32.7 Å². The Morgan fingerprint density at radius 1 is 1.57 bits per heavy atom. The number of pyridine rings is 1. The second-order valence-electron chi connectivity index (χ2n) is 3.73. The van der Waals surface area contributed by atoms with Crippen LogP contribution in [0.4, 0.5) is 0 Å². The van der Waals surface area contributed by atoms with Gasteiger partial charge < -0.3 is 5.73 Å². The zero-order valence-electron chi connectivity index (χ0n) is 8.70. The Morgan fingerprint density at radius 3 is 2.86 bits per heavy atom. The summed E-state index contributed by atoms with van der Waals surface area (Å²) in [7, 11) is 0. The lowest BCUT2D eigenvalue weighted by atomic mass is 9.98. The Kier molecular flexibility index (Phi) is 4.36. The van der Waals surface area contributed by atoms with E-state index < -0.39 is 0 Å². The zero-order valence-corrected chi connectivity index (χ0v) is 9.46. The molecule has 1 aromatic heterocycles. The molecule has 0 amide bonds. The van der Waals surface area contributed by atoms with Crippen LogP contribution in [0.5, 0.6) is 0 Å². The zero-order chi connectivity index (χ0) is 10.6. The van der Waals surface area contributed by atoms with E-state index in [4.69, 9.17) is 17.3 Å². The molecule has 2 nitrogen and oxygen atoms in total. The Bertz CT molecular complexity index is 288. The summed E-state index contributed by atoms with van der Waals surface area (Å²) in [4.78, 5) is 4.21. The number of aromatic nitrogens is 1. The van der Waals surface area contributed by atoms with Crippen molar-refractivity contribution < 1.29 is 0 Å². The summed E-state index contributed by atoms with van der Waals surface area (Å²) in [5.41, 5.74) is 6.84. The SMILES string of the molecule is CCC(C)CC(N)c1ncccc1Cl. The van der Waals surface area contributed by atoms with Crippen molar-refractivity contribution in [3.63, 3.8) is 0 Å². The van der Waals surface area contributed by atoms with Gasteiger partial charge in [0, 0.05) is 12.2 Å². The van der Waals surface area contributed by atoms with E-state index in [1.165, 1.54) is 0 Å². The largest absolute Gasteiger partial charge is 0.323 e. The fourth-order valence-corrected chi connectivity index (χ4v) is 1.64. The van der Waals surface area contributed by atoms with Gasteiger partial charge in [0.1, 0.15) is 0 Å². The molecule has 3 heteroatoms. The molecule has 2 atom stereocenters. The molecule has 0 aliphatic heterocycles. The van der Waals surface area contributed by atoms with Gasteiger partial charge in [-0.05, 0) is 24.5 Å². The standard InChI is InChI=1S/C11H17ClN2/c1-3-8(2)7-10(13)11-9(12)5-4-6-14-11/h4-6,8,10H,3,7,13H2,1-2H3. The van der Waals surface area contributed by atoms with Crippen LogP contribution in [0.3, 0.4) is 0 Å². The number of nitrogens with zero attached hydrogens (tertiary/aromatic N) is 1. The summed E-state index contributed by atoms with van der Waals surface area (Å²) in [6.07, 6.45) is 3.81. The molecule has 14 heavy (non-hydrogen) atoms. The van der Waals surface area contributed by atoms with Crippen LogP contribution in [0, 0.1) is 5.92 Å². The van der Waals surface area contributed by atoms with Crippen LogP contribution in [0.15, 0.2) is 18.3 Å². The van der Waals surface area contributed by atoms with Crippen molar-refractivity contribution >= 4 is 11.6 Å². The summed E-state index contributed by atoms with van der Waals surface area (Å²) >= 11 is 6.00. The minimum atomic E-state index is -0.0429. The Labute approximate surface area is 90.5 Å². The molecule has 0 radical (unpaired) electrons. The smallest absolute Gasteiger partial charge is 0.0756 e. The summed E-state index contributed by atoms with van der Waals surface area (Å²) in [6, 6.07) is 3.61. The van der Waals surface area contributed by atoms with E-state index in [2.05, 4.69) is 18.8 Å². The van der Waals surface area contributed by atoms with E-state index in [9.17, 15) is 0 Å². The number of rotatable bonds is 4. The first-order valence-corrected chi connectivity index (χ1v) is 5.39. The fraction of sp³-hybridized carbons (Fsp3) is 0.545. The van der Waals surface area contributed by atoms with E-state index in [0.29, 0.717) is 10.9 Å². The molecular formula is C11H17ClN2. The van der Waals surface area contributed by atoms with Crippen molar-refractivity contribution in [2.75, 3.05) is 0 Å². The van der Waals surface area contributed by atoms with E-state index >= 15 is 0 Å². The number of hydrogen-bond acceptors (Lipinski definition) is 2. The van der Waals surface area contributed by atoms with Gasteiger partial charge in [0.05, 0.1) is 10.7 Å². The van der Waals surface area contributed by atoms with Gasteiger partial charge in [-0.25, -0.2) is 0 Å². The van der Waals surface area contributed by atoms with Crippen LogP contribution >= 0.6 is 11.6 Å². The normalized spacial score (nSPS) is 15.1. The second-order valence-corrected chi connectivity index (χ2v) is 4.13. The maximum absolute atomic E-state index is 6.03. The van der Waals surface area contributed by atoms with Gasteiger partial charge in [0.25, 0.3) is 0 Å². The highest BCUT2D eigenvalue weighted by Crippen LogP contribution is 2.24. The molecule has 1 rings (SSSR count). The van der Waals surface area contributed by atoms with Crippen molar-refractivity contribution in [3.05, 3.63) is 29.0 Å². The molecule has 1 heterocycles. The first-order chi connectivity index (χ1) is 6.65. The number of hydrogen-bond donors (Lipinski definition) is 1. The van der Waals surface area contributed by atoms with Gasteiger partial charge in [0.15, 0.2) is 0 Å². The molecule has 2 N–H and O–H groups in total. The van der Waals surface area contributed by atoms with Crippen LogP contribution in [0.2, 0.25) is 5.02 Å². The van der Waals surface area contributed by atoms with Crippen LogP contribution in [0.1, 0.15) is 38.4 Å². The molecule has 0 spiro atoms. The molecule has 1 aromatic rings. The number of halogens is 1. The maximum Gasteiger partial charge on any atom is 0.0756 e. The third-order valence-electron chi connectivity index (χ3n) is 2.49. The third kappa shape index (κ3) is 2.96. The average Bonchev–Trinajstić information content (AvgIpc) is 2.18. The van der Waals surface area contributed by atoms with Gasteiger partial charge in [-0.1, -0.05) is 31.9 Å². The molecular weight excluding hydrogens is 196 g/mol. The first kappa shape index (κ1) is 11.5. The van der Waals surface area contributed by atoms with Crippen molar-refractivity contribution in [3.8, 4) is 0 Å². The summed E-state index contributed by atoms with van der Waals surface area (Å²) in [6.45, 7) is 4.36.